The van der Waals surface area contributed by atoms with Crippen LogP contribution in [0.25, 0.3) is 11.0 Å². The summed E-state index contributed by atoms with van der Waals surface area (Å²) in [7, 11) is -3.78. The molecule has 136 valence electrons. The van der Waals surface area contributed by atoms with Crippen molar-refractivity contribution in [2.24, 2.45) is 10.2 Å². The Kier molecular flexibility index (Phi) is 4.28. The van der Waals surface area contributed by atoms with Crippen LogP contribution in [0, 0.1) is 6.92 Å². The maximum Gasteiger partial charge on any atom is 0.269 e. The Balaban J connectivity index is 1.76. The van der Waals surface area contributed by atoms with Crippen molar-refractivity contribution in [3.8, 4) is 0 Å². The average Bonchev–Trinajstić information content (AvgIpc) is 3.13. The van der Waals surface area contributed by atoms with E-state index in [1.165, 1.54) is 18.8 Å². The fraction of sp³-hybridized carbons (Fsp3) is 0.111. The summed E-state index contributed by atoms with van der Waals surface area (Å²) in [5.41, 5.74) is 1.86. The van der Waals surface area contributed by atoms with Crippen LogP contribution >= 0.6 is 0 Å². The van der Waals surface area contributed by atoms with E-state index in [1.807, 2.05) is 6.92 Å². The number of allylic oxidation sites excluding steroid dienone is 1. The molecule has 0 aliphatic carbocycles. The molecule has 0 atom stereocenters. The van der Waals surface area contributed by atoms with E-state index in [9.17, 15) is 8.42 Å². The molecule has 0 saturated heterocycles. The summed E-state index contributed by atoms with van der Waals surface area (Å²) >= 11 is 0. The first-order valence-electron chi connectivity index (χ1n) is 8.10. The number of nitrogens with zero attached hydrogens (tertiary/aromatic N) is 5. The van der Waals surface area contributed by atoms with Crippen LogP contribution in [-0.2, 0) is 14.8 Å². The topological polar surface area (TPSA) is 98.8 Å². The summed E-state index contributed by atoms with van der Waals surface area (Å²) in [5, 5.41) is 8.74. The lowest BCUT2D eigenvalue weighted by Gasteiger charge is -2.07. The number of ether oxygens (including phenoxy) is 1. The number of benzene rings is 1. The lowest BCUT2D eigenvalue weighted by atomic mass is 10.2. The van der Waals surface area contributed by atoms with Gasteiger partial charge in [0, 0.05) is 6.20 Å². The smallest absolute Gasteiger partial charge is 0.269 e. The summed E-state index contributed by atoms with van der Waals surface area (Å²) in [5.74, 6) is 0.290. The zero-order valence-corrected chi connectivity index (χ0v) is 15.2. The van der Waals surface area contributed by atoms with Gasteiger partial charge in [-0.25, -0.2) is 22.4 Å². The molecule has 2 aromatic heterocycles. The number of rotatable bonds is 4. The number of fused-ring (bicyclic) bond motifs is 1. The molecule has 4 rings (SSSR count). The Morgan fingerprint density at radius 2 is 1.93 bits per heavy atom. The quantitative estimate of drug-likeness (QED) is 0.644. The van der Waals surface area contributed by atoms with Crippen LogP contribution < -0.4 is 0 Å². The minimum absolute atomic E-state index is 0.185. The van der Waals surface area contributed by atoms with E-state index < -0.39 is 10.0 Å². The second kappa shape index (κ2) is 6.76. The normalized spacial score (nSPS) is 14.5. The number of hydrogen-bond acceptors (Lipinski definition) is 7. The van der Waals surface area contributed by atoms with Gasteiger partial charge in [-0.15, -0.1) is 10.2 Å². The second-order valence-corrected chi connectivity index (χ2v) is 7.64. The summed E-state index contributed by atoms with van der Waals surface area (Å²) < 4.78 is 32.1. The van der Waals surface area contributed by atoms with Gasteiger partial charge in [0.15, 0.2) is 11.5 Å². The Morgan fingerprint density at radius 3 is 2.67 bits per heavy atom. The molecule has 8 nitrogen and oxygen atoms in total. The van der Waals surface area contributed by atoms with Crippen LogP contribution in [0.15, 0.2) is 82.1 Å². The van der Waals surface area contributed by atoms with Gasteiger partial charge in [-0.1, -0.05) is 17.7 Å². The largest absolute Gasteiger partial charge is 0.497 e. The van der Waals surface area contributed by atoms with E-state index in [2.05, 4.69) is 20.2 Å². The molecule has 0 saturated carbocycles. The van der Waals surface area contributed by atoms with E-state index in [0.717, 1.165) is 9.54 Å². The van der Waals surface area contributed by atoms with Crippen LogP contribution in [0.3, 0.4) is 0 Å². The molecule has 0 fully saturated rings. The highest BCUT2D eigenvalue weighted by molar-refractivity contribution is 7.90. The standard InChI is InChI=1S/C18H15N5O3S/c1-13-2-4-15(5-3-13)27(24,25)23-9-6-16-17(19-12-20-18(16)23)22-21-14-7-10-26-11-8-14/h2-10,12H,11H2,1H3. The highest BCUT2D eigenvalue weighted by Gasteiger charge is 2.20. The Morgan fingerprint density at radius 1 is 1.11 bits per heavy atom. The molecule has 1 aromatic carbocycles. The van der Waals surface area contributed by atoms with Crippen molar-refractivity contribution < 1.29 is 13.2 Å². The Hall–Kier alpha value is -3.33. The molecule has 0 spiro atoms. The lowest BCUT2D eigenvalue weighted by molar-refractivity contribution is 0.284. The first-order chi connectivity index (χ1) is 13.1. The Bertz CT molecular complexity index is 1190. The minimum atomic E-state index is -3.78. The molecule has 3 heterocycles. The van der Waals surface area contributed by atoms with Crippen molar-refractivity contribution in [1.29, 1.82) is 0 Å². The fourth-order valence-electron chi connectivity index (χ4n) is 2.57. The van der Waals surface area contributed by atoms with Crippen molar-refractivity contribution in [2.45, 2.75) is 11.8 Å². The van der Waals surface area contributed by atoms with Gasteiger partial charge in [0.05, 0.1) is 22.2 Å². The van der Waals surface area contributed by atoms with E-state index in [4.69, 9.17) is 4.74 Å². The van der Waals surface area contributed by atoms with Crippen LogP contribution in [0.4, 0.5) is 5.82 Å². The predicted octanol–water partition coefficient (Wildman–Crippen LogP) is 3.49. The van der Waals surface area contributed by atoms with Crippen molar-refractivity contribution in [3.05, 3.63) is 72.5 Å². The molecule has 9 heteroatoms. The van der Waals surface area contributed by atoms with Crippen molar-refractivity contribution >= 4 is 26.9 Å². The molecule has 1 aliphatic rings. The minimum Gasteiger partial charge on any atom is -0.497 e. The molecule has 3 aromatic rings. The zero-order valence-electron chi connectivity index (χ0n) is 14.3. The second-order valence-electron chi connectivity index (χ2n) is 5.83. The van der Waals surface area contributed by atoms with Crippen LogP contribution in [-0.4, -0.2) is 29.0 Å². The molecule has 0 radical (unpaired) electrons. The van der Waals surface area contributed by atoms with Gasteiger partial charge in [-0.05, 0) is 37.3 Å². The maximum atomic E-state index is 13.0. The fourth-order valence-corrected chi connectivity index (χ4v) is 3.87. The maximum absolute atomic E-state index is 13.0. The first-order valence-corrected chi connectivity index (χ1v) is 9.54. The van der Waals surface area contributed by atoms with Crippen molar-refractivity contribution in [1.82, 2.24) is 13.9 Å². The van der Waals surface area contributed by atoms with Gasteiger partial charge in [0.25, 0.3) is 10.0 Å². The summed E-state index contributed by atoms with van der Waals surface area (Å²) in [6, 6.07) is 8.26. The summed E-state index contributed by atoms with van der Waals surface area (Å²) in [4.78, 5) is 8.42. The van der Waals surface area contributed by atoms with Gasteiger partial charge >= 0.3 is 0 Å². The lowest BCUT2D eigenvalue weighted by Crippen LogP contribution is -2.12. The molecular formula is C18H15N5O3S. The Labute approximate surface area is 155 Å². The molecule has 0 bridgehead atoms. The van der Waals surface area contributed by atoms with Gasteiger partial charge < -0.3 is 4.74 Å². The number of hydrogen-bond donors (Lipinski definition) is 0. The highest BCUT2D eigenvalue weighted by atomic mass is 32.2. The third kappa shape index (κ3) is 3.24. The summed E-state index contributed by atoms with van der Waals surface area (Å²) in [6.07, 6.45) is 7.70. The van der Waals surface area contributed by atoms with Crippen LogP contribution in [0.1, 0.15) is 5.56 Å². The van der Waals surface area contributed by atoms with Crippen LogP contribution in [0.5, 0.6) is 0 Å². The number of azo groups is 1. The van der Waals surface area contributed by atoms with Gasteiger partial charge in [0.2, 0.25) is 0 Å². The number of aromatic nitrogens is 3. The van der Waals surface area contributed by atoms with Crippen molar-refractivity contribution in [2.75, 3.05) is 6.61 Å². The van der Waals surface area contributed by atoms with Gasteiger partial charge in [0.1, 0.15) is 12.9 Å². The average molecular weight is 381 g/mol. The van der Waals surface area contributed by atoms with E-state index in [-0.39, 0.29) is 10.5 Å². The predicted molar refractivity (Wildman–Crippen MR) is 99.0 cm³/mol. The molecule has 0 N–H and O–H groups in total. The van der Waals surface area contributed by atoms with Crippen molar-refractivity contribution in [3.63, 3.8) is 0 Å². The van der Waals surface area contributed by atoms with E-state index in [1.54, 1.807) is 42.5 Å². The summed E-state index contributed by atoms with van der Waals surface area (Å²) in [6.45, 7) is 2.32. The van der Waals surface area contributed by atoms with E-state index in [0.29, 0.717) is 23.5 Å². The third-order valence-corrected chi connectivity index (χ3v) is 5.67. The molecule has 0 amide bonds. The van der Waals surface area contributed by atoms with Gasteiger partial charge in [-0.3, -0.25) is 0 Å². The molecular weight excluding hydrogens is 366 g/mol. The molecule has 1 aliphatic heterocycles. The SMILES string of the molecule is Cc1ccc(S(=O)(=O)n2ccc3c(N=NC4=CCOC=C4)ncnc32)cc1. The first kappa shape index (κ1) is 17.1. The van der Waals surface area contributed by atoms with Gasteiger partial charge in [-0.2, -0.15) is 0 Å². The van der Waals surface area contributed by atoms with E-state index >= 15 is 0 Å². The number of aryl methyl sites for hydroxylation is 1. The highest BCUT2D eigenvalue weighted by Crippen LogP contribution is 2.27. The zero-order chi connectivity index (χ0) is 18.9. The van der Waals surface area contributed by atoms with Crippen LogP contribution in [0.2, 0.25) is 0 Å². The molecule has 0 unspecified atom stereocenters. The third-order valence-electron chi connectivity index (χ3n) is 3.99. The monoisotopic (exact) mass is 381 g/mol. The molecule has 27 heavy (non-hydrogen) atoms.